The zero-order valence-corrected chi connectivity index (χ0v) is 12.5. The molecule has 1 aromatic carbocycles. The first kappa shape index (κ1) is 14.1. The molecule has 0 aliphatic rings. The van der Waals surface area contributed by atoms with Crippen LogP contribution in [0.15, 0.2) is 35.7 Å². The van der Waals surface area contributed by atoms with Gasteiger partial charge in [-0.3, -0.25) is 0 Å². The van der Waals surface area contributed by atoms with Gasteiger partial charge in [0.05, 0.1) is 12.1 Å². The Kier molecular flexibility index (Phi) is 4.61. The molecule has 1 aromatic heterocycles. The molecule has 3 heteroatoms. The van der Waals surface area contributed by atoms with Gasteiger partial charge in [0.1, 0.15) is 5.75 Å². The third-order valence-electron chi connectivity index (χ3n) is 3.06. The first-order valence-electron chi connectivity index (χ1n) is 6.70. The van der Waals surface area contributed by atoms with Crippen LogP contribution in [0.3, 0.4) is 0 Å². The number of thiophene rings is 1. The summed E-state index contributed by atoms with van der Waals surface area (Å²) in [7, 11) is 0. The van der Waals surface area contributed by atoms with Gasteiger partial charge >= 0.3 is 0 Å². The molecule has 2 N–H and O–H groups in total. The van der Waals surface area contributed by atoms with Crippen molar-refractivity contribution in [2.24, 2.45) is 5.73 Å². The lowest BCUT2D eigenvalue weighted by Crippen LogP contribution is -2.12. The number of ether oxygens (including phenoxy) is 1. The molecular formula is C16H21NOS. The average Bonchev–Trinajstić information content (AvgIpc) is 2.86. The van der Waals surface area contributed by atoms with Crippen LogP contribution in [0.5, 0.6) is 5.75 Å². The van der Waals surface area contributed by atoms with E-state index in [2.05, 4.69) is 30.5 Å². The minimum atomic E-state index is -0.0388. The number of nitrogens with two attached hydrogens (primary N) is 1. The third kappa shape index (κ3) is 3.37. The summed E-state index contributed by atoms with van der Waals surface area (Å²) in [5.41, 5.74) is 8.84. The van der Waals surface area contributed by atoms with Crippen LogP contribution >= 0.6 is 11.3 Å². The van der Waals surface area contributed by atoms with E-state index in [4.69, 9.17) is 10.5 Å². The second kappa shape index (κ2) is 6.22. The van der Waals surface area contributed by atoms with Gasteiger partial charge in [0.25, 0.3) is 0 Å². The van der Waals surface area contributed by atoms with Gasteiger partial charge in [-0.1, -0.05) is 19.1 Å². The summed E-state index contributed by atoms with van der Waals surface area (Å²) in [5.74, 6) is 0.896. The fourth-order valence-electron chi connectivity index (χ4n) is 2.09. The minimum absolute atomic E-state index is 0.0388. The molecule has 2 nitrogen and oxygen atoms in total. The zero-order chi connectivity index (χ0) is 13.8. The largest absolute Gasteiger partial charge is 0.491 e. The number of aryl methyl sites for hydroxylation is 1. The van der Waals surface area contributed by atoms with E-state index < -0.39 is 0 Å². The van der Waals surface area contributed by atoms with Gasteiger partial charge in [-0.05, 0) is 55.0 Å². The monoisotopic (exact) mass is 275 g/mol. The van der Waals surface area contributed by atoms with Crippen LogP contribution in [-0.4, -0.2) is 6.10 Å². The third-order valence-corrected chi connectivity index (χ3v) is 4.10. The summed E-state index contributed by atoms with van der Waals surface area (Å²) in [6.07, 6.45) is 1.23. The van der Waals surface area contributed by atoms with E-state index in [1.807, 2.05) is 26.0 Å². The Balaban J connectivity index is 2.18. The van der Waals surface area contributed by atoms with Crippen LogP contribution < -0.4 is 10.5 Å². The maximum absolute atomic E-state index is 6.36. The lowest BCUT2D eigenvalue weighted by molar-refractivity contribution is 0.242. The van der Waals surface area contributed by atoms with Crippen molar-refractivity contribution in [2.75, 3.05) is 0 Å². The van der Waals surface area contributed by atoms with Crippen LogP contribution in [0.4, 0.5) is 0 Å². The summed E-state index contributed by atoms with van der Waals surface area (Å²) in [5, 5.41) is 2.12. The SMILES string of the molecule is CCc1ccsc1C(N)c1ccc(OC(C)C)cc1. The highest BCUT2D eigenvalue weighted by atomic mass is 32.1. The van der Waals surface area contributed by atoms with Crippen molar-refractivity contribution in [3.05, 3.63) is 51.7 Å². The number of rotatable bonds is 5. The van der Waals surface area contributed by atoms with Crippen molar-refractivity contribution < 1.29 is 4.74 Å². The highest BCUT2D eigenvalue weighted by Gasteiger charge is 2.14. The second-order valence-electron chi connectivity index (χ2n) is 4.88. The maximum atomic E-state index is 6.36. The summed E-state index contributed by atoms with van der Waals surface area (Å²) >= 11 is 1.74. The van der Waals surface area contributed by atoms with E-state index in [0.717, 1.165) is 17.7 Å². The number of hydrogen-bond acceptors (Lipinski definition) is 3. The fourth-order valence-corrected chi connectivity index (χ4v) is 3.12. The molecule has 2 aromatic rings. The molecule has 1 unspecified atom stereocenters. The maximum Gasteiger partial charge on any atom is 0.119 e. The Morgan fingerprint density at radius 2 is 1.84 bits per heavy atom. The Morgan fingerprint density at radius 3 is 2.42 bits per heavy atom. The van der Waals surface area contributed by atoms with Crippen LogP contribution in [0.2, 0.25) is 0 Å². The van der Waals surface area contributed by atoms with E-state index >= 15 is 0 Å². The molecule has 102 valence electrons. The van der Waals surface area contributed by atoms with E-state index in [0.29, 0.717) is 0 Å². The second-order valence-corrected chi connectivity index (χ2v) is 5.82. The van der Waals surface area contributed by atoms with Crippen LogP contribution in [-0.2, 0) is 6.42 Å². The normalized spacial score (nSPS) is 12.7. The van der Waals surface area contributed by atoms with Gasteiger partial charge in [-0.2, -0.15) is 0 Å². The Morgan fingerprint density at radius 1 is 1.16 bits per heavy atom. The van der Waals surface area contributed by atoms with Gasteiger partial charge in [0, 0.05) is 4.88 Å². The van der Waals surface area contributed by atoms with Gasteiger partial charge in [-0.15, -0.1) is 11.3 Å². The van der Waals surface area contributed by atoms with E-state index in [-0.39, 0.29) is 12.1 Å². The molecule has 0 aliphatic carbocycles. The van der Waals surface area contributed by atoms with Crippen LogP contribution in [0.1, 0.15) is 42.8 Å². The van der Waals surface area contributed by atoms with E-state index in [1.165, 1.54) is 10.4 Å². The molecule has 0 spiro atoms. The Labute approximate surface area is 119 Å². The minimum Gasteiger partial charge on any atom is -0.491 e. The Bertz CT molecular complexity index is 516. The van der Waals surface area contributed by atoms with Gasteiger partial charge < -0.3 is 10.5 Å². The van der Waals surface area contributed by atoms with E-state index in [9.17, 15) is 0 Å². The topological polar surface area (TPSA) is 35.2 Å². The highest BCUT2D eigenvalue weighted by Crippen LogP contribution is 2.29. The highest BCUT2D eigenvalue weighted by molar-refractivity contribution is 7.10. The molecule has 0 bridgehead atoms. The van der Waals surface area contributed by atoms with E-state index in [1.54, 1.807) is 11.3 Å². The molecule has 1 heterocycles. The molecular weight excluding hydrogens is 254 g/mol. The summed E-state index contributed by atoms with van der Waals surface area (Å²) in [4.78, 5) is 1.26. The summed E-state index contributed by atoms with van der Waals surface area (Å²) in [6, 6.07) is 10.2. The fraction of sp³-hybridized carbons (Fsp3) is 0.375. The molecule has 19 heavy (non-hydrogen) atoms. The lowest BCUT2D eigenvalue weighted by Gasteiger charge is -2.14. The van der Waals surface area contributed by atoms with Gasteiger partial charge in [0.2, 0.25) is 0 Å². The van der Waals surface area contributed by atoms with Crippen molar-refractivity contribution in [3.63, 3.8) is 0 Å². The quantitative estimate of drug-likeness (QED) is 0.890. The molecule has 0 saturated carbocycles. The smallest absolute Gasteiger partial charge is 0.119 e. The number of benzene rings is 1. The summed E-state index contributed by atoms with van der Waals surface area (Å²) in [6.45, 7) is 6.22. The van der Waals surface area contributed by atoms with Gasteiger partial charge in [-0.25, -0.2) is 0 Å². The van der Waals surface area contributed by atoms with Crippen molar-refractivity contribution in [1.29, 1.82) is 0 Å². The molecule has 0 aliphatic heterocycles. The van der Waals surface area contributed by atoms with Crippen molar-refractivity contribution >= 4 is 11.3 Å². The molecule has 0 fully saturated rings. The first-order valence-corrected chi connectivity index (χ1v) is 7.58. The van der Waals surface area contributed by atoms with Crippen molar-refractivity contribution in [2.45, 2.75) is 39.3 Å². The van der Waals surface area contributed by atoms with Gasteiger partial charge in [0.15, 0.2) is 0 Å². The summed E-state index contributed by atoms with van der Waals surface area (Å²) < 4.78 is 5.65. The molecule has 2 rings (SSSR count). The predicted octanol–water partition coefficient (Wildman–Crippen LogP) is 4.15. The zero-order valence-electron chi connectivity index (χ0n) is 11.7. The molecule has 0 radical (unpaired) electrons. The van der Waals surface area contributed by atoms with Crippen LogP contribution in [0, 0.1) is 0 Å². The number of hydrogen-bond donors (Lipinski definition) is 1. The van der Waals surface area contributed by atoms with Crippen molar-refractivity contribution in [3.8, 4) is 5.75 Å². The van der Waals surface area contributed by atoms with Crippen LogP contribution in [0.25, 0.3) is 0 Å². The standard InChI is InChI=1S/C16H21NOS/c1-4-12-9-10-19-16(12)15(17)13-5-7-14(8-6-13)18-11(2)3/h5-11,15H,4,17H2,1-3H3. The molecule has 0 saturated heterocycles. The Hall–Kier alpha value is -1.32. The lowest BCUT2D eigenvalue weighted by atomic mass is 10.0. The predicted molar refractivity (Wildman–Crippen MR) is 81.9 cm³/mol. The average molecular weight is 275 g/mol. The first-order chi connectivity index (χ1) is 9.11. The molecule has 1 atom stereocenters. The van der Waals surface area contributed by atoms with Crippen molar-refractivity contribution in [1.82, 2.24) is 0 Å². The molecule has 0 amide bonds.